The Morgan fingerprint density at radius 3 is 2.80 bits per heavy atom. The van der Waals surface area contributed by atoms with Crippen LogP contribution in [0.3, 0.4) is 0 Å². The van der Waals surface area contributed by atoms with Crippen LogP contribution in [0, 0.1) is 0 Å². The van der Waals surface area contributed by atoms with E-state index in [-0.39, 0.29) is 12.3 Å². The van der Waals surface area contributed by atoms with Crippen LogP contribution in [0.5, 0.6) is 5.75 Å². The molecule has 1 amide bonds. The van der Waals surface area contributed by atoms with E-state index < -0.39 is 0 Å². The number of methoxy groups -OCH3 is 1. The lowest BCUT2D eigenvalue weighted by Gasteiger charge is -2.28. The highest BCUT2D eigenvalue weighted by Crippen LogP contribution is 2.28. The Bertz CT molecular complexity index is 732. The van der Waals surface area contributed by atoms with Crippen LogP contribution in [0.15, 0.2) is 30.6 Å². The van der Waals surface area contributed by atoms with Gasteiger partial charge in [-0.25, -0.2) is 9.97 Å². The summed E-state index contributed by atoms with van der Waals surface area (Å²) >= 11 is 6.22. The number of nitrogens with zero attached hydrogens (tertiary/aromatic N) is 3. The number of ether oxygens (including phenoxy) is 1. The van der Waals surface area contributed by atoms with Crippen LogP contribution < -0.4 is 20.3 Å². The lowest BCUT2D eigenvalue weighted by Crippen LogP contribution is -2.43. The lowest BCUT2D eigenvalue weighted by atomic mass is 10.1. The van der Waals surface area contributed by atoms with Crippen molar-refractivity contribution in [2.75, 3.05) is 43.5 Å². The van der Waals surface area contributed by atoms with E-state index in [4.69, 9.17) is 16.3 Å². The van der Waals surface area contributed by atoms with E-state index in [1.54, 1.807) is 37.7 Å². The summed E-state index contributed by atoms with van der Waals surface area (Å²) < 4.78 is 5.16. The second-order valence-corrected chi connectivity index (χ2v) is 6.03. The number of carbonyl (C=O) groups is 1. The number of hydrogen-bond acceptors (Lipinski definition) is 6. The van der Waals surface area contributed by atoms with Crippen molar-refractivity contribution >= 4 is 29.1 Å². The van der Waals surface area contributed by atoms with Crippen LogP contribution in [0.4, 0.5) is 11.6 Å². The number of halogens is 1. The fourth-order valence-electron chi connectivity index (χ4n) is 2.65. The average Bonchev–Trinajstić information content (AvgIpc) is 2.65. The lowest BCUT2D eigenvalue weighted by molar-refractivity contribution is -0.115. The minimum absolute atomic E-state index is 0.136. The van der Waals surface area contributed by atoms with Crippen molar-refractivity contribution < 1.29 is 9.53 Å². The molecule has 2 N–H and O–H groups in total. The largest absolute Gasteiger partial charge is 0.495 e. The molecule has 1 aromatic carbocycles. The molecule has 132 valence electrons. The molecule has 1 aromatic heterocycles. The van der Waals surface area contributed by atoms with Crippen molar-refractivity contribution in [2.45, 2.75) is 6.42 Å². The maximum absolute atomic E-state index is 12.2. The third kappa shape index (κ3) is 4.37. The number of aromatic nitrogens is 2. The predicted octanol–water partition coefficient (Wildman–Crippen LogP) is 1.73. The van der Waals surface area contributed by atoms with E-state index >= 15 is 0 Å². The molecule has 1 aliphatic rings. The van der Waals surface area contributed by atoms with Gasteiger partial charge >= 0.3 is 0 Å². The first-order valence-electron chi connectivity index (χ1n) is 8.06. The van der Waals surface area contributed by atoms with Gasteiger partial charge in [-0.3, -0.25) is 4.79 Å². The number of hydrogen-bond donors (Lipinski definition) is 2. The molecule has 1 fully saturated rings. The first-order valence-corrected chi connectivity index (χ1v) is 8.44. The third-order valence-corrected chi connectivity index (χ3v) is 4.39. The van der Waals surface area contributed by atoms with Crippen LogP contribution in [0.1, 0.15) is 5.56 Å². The van der Waals surface area contributed by atoms with Crippen LogP contribution in [0.25, 0.3) is 0 Å². The zero-order valence-electron chi connectivity index (χ0n) is 14.0. The van der Waals surface area contributed by atoms with Crippen molar-refractivity contribution in [1.82, 2.24) is 15.3 Å². The van der Waals surface area contributed by atoms with Gasteiger partial charge in [-0.15, -0.1) is 0 Å². The molecule has 0 atom stereocenters. The predicted molar refractivity (Wildman–Crippen MR) is 97.5 cm³/mol. The van der Waals surface area contributed by atoms with Gasteiger partial charge in [-0.1, -0.05) is 23.7 Å². The molecule has 7 nitrogen and oxygen atoms in total. The Balaban J connectivity index is 1.61. The first kappa shape index (κ1) is 17.4. The maximum atomic E-state index is 12.2. The van der Waals surface area contributed by atoms with Gasteiger partial charge in [-0.05, 0) is 11.6 Å². The fraction of sp³-hybridized carbons (Fsp3) is 0.353. The van der Waals surface area contributed by atoms with Gasteiger partial charge in [0.05, 0.1) is 30.9 Å². The Morgan fingerprint density at radius 1 is 1.32 bits per heavy atom. The summed E-state index contributed by atoms with van der Waals surface area (Å²) in [6, 6.07) is 5.35. The van der Waals surface area contributed by atoms with Crippen LogP contribution in [-0.4, -0.2) is 49.2 Å². The van der Waals surface area contributed by atoms with Crippen molar-refractivity contribution in [3.8, 4) is 5.75 Å². The molecular formula is C17H20ClN5O2. The second-order valence-electron chi connectivity index (χ2n) is 5.66. The molecule has 0 spiro atoms. The molecule has 2 heterocycles. The van der Waals surface area contributed by atoms with Gasteiger partial charge in [0, 0.05) is 26.2 Å². The fourth-order valence-corrected chi connectivity index (χ4v) is 2.92. The van der Waals surface area contributed by atoms with Gasteiger partial charge in [0.2, 0.25) is 5.91 Å². The van der Waals surface area contributed by atoms with E-state index in [0.29, 0.717) is 22.2 Å². The van der Waals surface area contributed by atoms with Crippen molar-refractivity contribution in [3.63, 3.8) is 0 Å². The number of amides is 1. The summed E-state index contributed by atoms with van der Waals surface area (Å²) in [4.78, 5) is 23.0. The molecule has 1 aliphatic heterocycles. The smallest absolute Gasteiger partial charge is 0.230 e. The normalized spacial score (nSPS) is 14.2. The topological polar surface area (TPSA) is 79.4 Å². The summed E-state index contributed by atoms with van der Waals surface area (Å²) in [5, 5.41) is 6.48. The first-order chi connectivity index (χ1) is 12.2. The minimum Gasteiger partial charge on any atom is -0.495 e. The number of rotatable bonds is 5. The molecule has 1 saturated heterocycles. The van der Waals surface area contributed by atoms with Gasteiger partial charge in [0.15, 0.2) is 5.82 Å². The Hall–Kier alpha value is -2.38. The number of anilines is 2. The highest BCUT2D eigenvalue weighted by Gasteiger charge is 2.14. The molecule has 0 bridgehead atoms. The quantitative estimate of drug-likeness (QED) is 0.844. The monoisotopic (exact) mass is 361 g/mol. The maximum Gasteiger partial charge on any atom is 0.230 e. The van der Waals surface area contributed by atoms with Crippen LogP contribution in [0.2, 0.25) is 5.02 Å². The number of nitrogens with one attached hydrogen (secondary N) is 2. The highest BCUT2D eigenvalue weighted by molar-refractivity contribution is 6.33. The van der Waals surface area contributed by atoms with Gasteiger partial charge in [0.25, 0.3) is 0 Å². The van der Waals surface area contributed by atoms with Gasteiger partial charge < -0.3 is 20.3 Å². The summed E-state index contributed by atoms with van der Waals surface area (Å²) in [7, 11) is 1.54. The number of carbonyl (C=O) groups excluding carboxylic acids is 1. The minimum atomic E-state index is -0.209. The standard InChI is InChI=1S/C17H20ClN5O2/c1-25-13-4-2-3-12(17(13)18)9-16(24)22-14-10-21-15(11-20-14)23-7-5-19-6-8-23/h2-4,10-11,19H,5-9H2,1H3,(H,20,22,24). The Kier molecular flexibility index (Phi) is 5.67. The molecule has 0 unspecified atom stereocenters. The van der Waals surface area contributed by atoms with E-state index in [2.05, 4.69) is 25.5 Å². The average molecular weight is 362 g/mol. The molecule has 0 radical (unpaired) electrons. The van der Waals surface area contributed by atoms with E-state index in [0.717, 1.165) is 32.0 Å². The number of benzene rings is 1. The van der Waals surface area contributed by atoms with Crippen molar-refractivity contribution in [2.24, 2.45) is 0 Å². The summed E-state index contributed by atoms with van der Waals surface area (Å²) in [5.74, 6) is 1.57. The molecule has 0 saturated carbocycles. The van der Waals surface area contributed by atoms with Crippen LogP contribution >= 0.6 is 11.6 Å². The Labute approximate surface area is 151 Å². The Morgan fingerprint density at radius 2 is 2.12 bits per heavy atom. The molecule has 0 aliphatic carbocycles. The third-order valence-electron chi connectivity index (χ3n) is 3.96. The second kappa shape index (κ2) is 8.13. The van der Waals surface area contributed by atoms with E-state index in [1.807, 2.05) is 0 Å². The summed E-state index contributed by atoms with van der Waals surface area (Å²) in [6.45, 7) is 3.66. The van der Waals surface area contributed by atoms with Crippen molar-refractivity contribution in [1.29, 1.82) is 0 Å². The molecule has 3 rings (SSSR count). The summed E-state index contributed by atoms with van der Waals surface area (Å²) in [6.07, 6.45) is 3.39. The zero-order valence-corrected chi connectivity index (χ0v) is 14.7. The molecule has 2 aromatic rings. The molecular weight excluding hydrogens is 342 g/mol. The number of piperazine rings is 1. The van der Waals surface area contributed by atoms with E-state index in [9.17, 15) is 4.79 Å². The SMILES string of the molecule is COc1cccc(CC(=O)Nc2cnc(N3CCNCC3)cn2)c1Cl. The van der Waals surface area contributed by atoms with Crippen LogP contribution in [-0.2, 0) is 11.2 Å². The van der Waals surface area contributed by atoms with Crippen molar-refractivity contribution in [3.05, 3.63) is 41.2 Å². The van der Waals surface area contributed by atoms with E-state index in [1.165, 1.54) is 0 Å². The highest BCUT2D eigenvalue weighted by atomic mass is 35.5. The van der Waals surface area contributed by atoms with Gasteiger partial charge in [-0.2, -0.15) is 0 Å². The summed E-state index contributed by atoms with van der Waals surface area (Å²) in [5.41, 5.74) is 0.698. The molecule has 25 heavy (non-hydrogen) atoms. The zero-order chi connectivity index (χ0) is 17.6. The molecule has 8 heteroatoms. The van der Waals surface area contributed by atoms with Gasteiger partial charge in [0.1, 0.15) is 11.6 Å².